The number of nitrogens with zero attached hydrogens (tertiary/aromatic N) is 3. The Labute approximate surface area is 106 Å². The first kappa shape index (κ1) is 12.6. The van der Waals surface area contributed by atoms with Gasteiger partial charge in [-0.3, -0.25) is 0 Å². The summed E-state index contributed by atoms with van der Waals surface area (Å²) in [6, 6.07) is 4.10. The number of anilines is 1. The smallest absolute Gasteiger partial charge is 0.170 e. The van der Waals surface area contributed by atoms with Crippen LogP contribution in [-0.4, -0.2) is 42.3 Å². The Morgan fingerprint density at radius 3 is 3.06 bits per heavy atom. The normalized spacial score (nSPS) is 15.7. The minimum atomic E-state index is 0.0983. The molecule has 1 aromatic rings. The van der Waals surface area contributed by atoms with Gasteiger partial charge in [-0.05, 0) is 25.0 Å². The molecule has 0 atom stereocenters. The van der Waals surface area contributed by atoms with Crippen LogP contribution in [0.25, 0.3) is 0 Å². The van der Waals surface area contributed by atoms with Crippen molar-refractivity contribution in [3.63, 3.8) is 0 Å². The maximum Gasteiger partial charge on any atom is 0.170 e. The summed E-state index contributed by atoms with van der Waals surface area (Å²) in [5.41, 5.74) is 6.26. The van der Waals surface area contributed by atoms with E-state index in [-0.39, 0.29) is 5.84 Å². The third-order valence-corrected chi connectivity index (χ3v) is 2.97. The molecule has 1 fully saturated rings. The number of ether oxygens (including phenoxy) is 1. The number of rotatable bonds is 6. The van der Waals surface area contributed by atoms with Crippen LogP contribution in [0.4, 0.5) is 5.82 Å². The maximum atomic E-state index is 8.69. The van der Waals surface area contributed by atoms with E-state index in [1.54, 1.807) is 19.4 Å². The van der Waals surface area contributed by atoms with E-state index in [1.807, 2.05) is 6.07 Å². The molecule has 3 N–H and O–H groups in total. The molecule has 6 heteroatoms. The van der Waals surface area contributed by atoms with Crippen molar-refractivity contribution in [1.82, 2.24) is 4.98 Å². The van der Waals surface area contributed by atoms with Gasteiger partial charge in [0.25, 0.3) is 0 Å². The lowest BCUT2D eigenvalue weighted by Gasteiger charge is -2.23. The summed E-state index contributed by atoms with van der Waals surface area (Å²) >= 11 is 0. The molecule has 1 aliphatic rings. The van der Waals surface area contributed by atoms with E-state index in [0.29, 0.717) is 18.2 Å². The van der Waals surface area contributed by atoms with Crippen LogP contribution in [0.5, 0.6) is 0 Å². The molecule has 6 nitrogen and oxygen atoms in total. The summed E-state index contributed by atoms with van der Waals surface area (Å²) in [6.45, 7) is 1.46. The van der Waals surface area contributed by atoms with Crippen LogP contribution in [0, 0.1) is 0 Å². The molecule has 0 radical (unpaired) electrons. The highest BCUT2D eigenvalue weighted by Gasteiger charge is 2.29. The molecule has 1 saturated carbocycles. The van der Waals surface area contributed by atoms with Crippen LogP contribution in [0.1, 0.15) is 18.4 Å². The molecule has 1 heterocycles. The Hall–Kier alpha value is -1.82. The van der Waals surface area contributed by atoms with Gasteiger partial charge in [-0.15, -0.1) is 0 Å². The number of oxime groups is 1. The summed E-state index contributed by atoms with van der Waals surface area (Å²) in [7, 11) is 1.69. The molecule has 0 amide bonds. The molecule has 1 aliphatic carbocycles. The molecule has 0 bridgehead atoms. The largest absolute Gasteiger partial charge is 0.409 e. The summed E-state index contributed by atoms with van der Waals surface area (Å²) in [4.78, 5) is 6.55. The van der Waals surface area contributed by atoms with E-state index >= 15 is 0 Å². The number of hydrogen-bond donors (Lipinski definition) is 2. The van der Waals surface area contributed by atoms with E-state index in [2.05, 4.69) is 15.0 Å². The molecule has 0 spiro atoms. The molecule has 0 saturated heterocycles. The molecular weight excluding hydrogens is 232 g/mol. The van der Waals surface area contributed by atoms with Crippen LogP contribution >= 0.6 is 0 Å². The molecule has 1 aromatic heterocycles. The Balaban J connectivity index is 2.19. The SMILES string of the molecule is COCCN(c1cc(/C(N)=N/O)ccn1)C1CC1. The van der Waals surface area contributed by atoms with E-state index in [9.17, 15) is 0 Å². The van der Waals surface area contributed by atoms with Gasteiger partial charge in [0.15, 0.2) is 5.84 Å². The standard InChI is InChI=1S/C12H18N4O2/c1-18-7-6-16(10-2-3-10)11-8-9(4-5-14-11)12(13)15-17/h4-5,8,10,17H,2-3,6-7H2,1H3,(H2,13,15). The number of nitrogens with two attached hydrogens (primary N) is 1. The quantitative estimate of drug-likeness (QED) is 0.337. The van der Waals surface area contributed by atoms with Crippen LogP contribution in [0.3, 0.4) is 0 Å². The van der Waals surface area contributed by atoms with Crippen LogP contribution in [0.15, 0.2) is 23.5 Å². The lowest BCUT2D eigenvalue weighted by atomic mass is 10.2. The third-order valence-electron chi connectivity index (χ3n) is 2.97. The fourth-order valence-corrected chi connectivity index (χ4v) is 1.85. The van der Waals surface area contributed by atoms with E-state index in [0.717, 1.165) is 12.4 Å². The highest BCUT2D eigenvalue weighted by atomic mass is 16.5. The molecule has 0 unspecified atom stereocenters. The maximum absolute atomic E-state index is 8.69. The van der Waals surface area contributed by atoms with Crippen LogP contribution in [0.2, 0.25) is 0 Å². The summed E-state index contributed by atoms with van der Waals surface area (Å²) in [5, 5.41) is 11.7. The average Bonchev–Trinajstić information content (AvgIpc) is 3.23. The first-order valence-electron chi connectivity index (χ1n) is 5.95. The Morgan fingerprint density at radius 1 is 1.67 bits per heavy atom. The van der Waals surface area contributed by atoms with E-state index in [1.165, 1.54) is 12.8 Å². The Morgan fingerprint density at radius 2 is 2.44 bits per heavy atom. The molecule has 0 aliphatic heterocycles. The fraction of sp³-hybridized carbons (Fsp3) is 0.500. The zero-order valence-electron chi connectivity index (χ0n) is 10.4. The fourth-order valence-electron chi connectivity index (χ4n) is 1.85. The molecule has 0 aromatic carbocycles. The van der Waals surface area contributed by atoms with Crippen molar-refractivity contribution in [2.75, 3.05) is 25.2 Å². The summed E-state index contributed by atoms with van der Waals surface area (Å²) < 4.78 is 5.11. The monoisotopic (exact) mass is 250 g/mol. The highest BCUT2D eigenvalue weighted by Crippen LogP contribution is 2.30. The number of pyridine rings is 1. The van der Waals surface area contributed by atoms with E-state index < -0.39 is 0 Å². The van der Waals surface area contributed by atoms with Gasteiger partial charge in [-0.2, -0.15) is 0 Å². The van der Waals surface area contributed by atoms with Gasteiger partial charge < -0.3 is 20.6 Å². The van der Waals surface area contributed by atoms with Crippen molar-refractivity contribution in [1.29, 1.82) is 0 Å². The number of hydrogen-bond acceptors (Lipinski definition) is 5. The predicted octanol–water partition coefficient (Wildman–Crippen LogP) is 0.791. The van der Waals surface area contributed by atoms with Gasteiger partial charge in [0.1, 0.15) is 5.82 Å². The van der Waals surface area contributed by atoms with Crippen molar-refractivity contribution in [2.45, 2.75) is 18.9 Å². The second-order valence-electron chi connectivity index (χ2n) is 4.31. The molecule has 18 heavy (non-hydrogen) atoms. The summed E-state index contributed by atoms with van der Waals surface area (Å²) in [5.74, 6) is 0.944. The lowest BCUT2D eigenvalue weighted by molar-refractivity contribution is 0.204. The lowest BCUT2D eigenvalue weighted by Crippen LogP contribution is -2.30. The van der Waals surface area contributed by atoms with Gasteiger partial charge in [0, 0.05) is 31.5 Å². The average molecular weight is 250 g/mol. The number of methoxy groups -OCH3 is 1. The first-order chi connectivity index (χ1) is 8.76. The molecule has 98 valence electrons. The van der Waals surface area contributed by atoms with Gasteiger partial charge in [-0.25, -0.2) is 4.98 Å². The first-order valence-corrected chi connectivity index (χ1v) is 5.95. The van der Waals surface area contributed by atoms with Gasteiger partial charge >= 0.3 is 0 Å². The minimum absolute atomic E-state index is 0.0983. The van der Waals surface area contributed by atoms with Gasteiger partial charge in [-0.1, -0.05) is 5.16 Å². The van der Waals surface area contributed by atoms with Crippen molar-refractivity contribution < 1.29 is 9.94 Å². The van der Waals surface area contributed by atoms with Gasteiger partial charge in [0.05, 0.1) is 6.61 Å². The van der Waals surface area contributed by atoms with Crippen LogP contribution < -0.4 is 10.6 Å². The van der Waals surface area contributed by atoms with Gasteiger partial charge in [0.2, 0.25) is 0 Å². The Kier molecular flexibility index (Phi) is 3.99. The zero-order valence-corrected chi connectivity index (χ0v) is 10.4. The number of amidine groups is 1. The number of aromatic nitrogens is 1. The zero-order chi connectivity index (χ0) is 13.0. The van der Waals surface area contributed by atoms with Crippen LogP contribution in [-0.2, 0) is 4.74 Å². The second kappa shape index (κ2) is 5.68. The third kappa shape index (κ3) is 2.89. The van der Waals surface area contributed by atoms with E-state index in [4.69, 9.17) is 15.7 Å². The predicted molar refractivity (Wildman–Crippen MR) is 69.0 cm³/mol. The van der Waals surface area contributed by atoms with Crippen molar-refractivity contribution in [3.8, 4) is 0 Å². The topological polar surface area (TPSA) is 84.0 Å². The molecular formula is C12H18N4O2. The van der Waals surface area contributed by atoms with Crippen molar-refractivity contribution >= 4 is 11.7 Å². The second-order valence-corrected chi connectivity index (χ2v) is 4.31. The molecule has 2 rings (SSSR count). The Bertz CT molecular complexity index is 432. The van der Waals surface area contributed by atoms with Crippen molar-refractivity contribution in [3.05, 3.63) is 23.9 Å². The highest BCUT2D eigenvalue weighted by molar-refractivity contribution is 5.97. The van der Waals surface area contributed by atoms with Crippen molar-refractivity contribution in [2.24, 2.45) is 10.9 Å². The summed E-state index contributed by atoms with van der Waals surface area (Å²) in [6.07, 6.45) is 4.03. The minimum Gasteiger partial charge on any atom is -0.409 e.